The number of carbonyl (C=O) groups is 4. The lowest BCUT2D eigenvalue weighted by Gasteiger charge is -2.28. The molecular formula is C129H117N6O9S5+. The van der Waals surface area contributed by atoms with Gasteiger partial charge in [0, 0.05) is 43.6 Å². The number of carboxylic acid groups (broad SMARTS) is 4. The summed E-state index contributed by atoms with van der Waals surface area (Å²) in [6, 6.07) is 174. The Bertz CT molecular complexity index is 6100. The summed E-state index contributed by atoms with van der Waals surface area (Å²) in [6.45, 7) is 2.40. The topological polar surface area (TPSA) is 240 Å². The molecule has 22 rings (SSSR count). The van der Waals surface area contributed by atoms with Crippen molar-refractivity contribution in [3.63, 3.8) is 0 Å². The highest BCUT2D eigenvalue weighted by molar-refractivity contribution is 7.98. The van der Waals surface area contributed by atoms with Gasteiger partial charge in [-0.25, -0.2) is 0 Å². The molecule has 2 fully saturated rings. The number of aromatic carboxylic acids is 3. The molecule has 16 aromatic carbocycles. The van der Waals surface area contributed by atoms with Gasteiger partial charge in [-0.2, -0.15) is 5.10 Å². The standard InChI is InChI=1S/C24H25S.4C18H15S.C12H17NO.C6H5NO2.C6H6O2.C5H4N2O2.C4H4N2O2/c1-4-10-20(11-5-1)21-16-18-24(19-17-21)25(22-12-6-2-7-13-22)23-14-8-3-9-15-23;4*1-4-10-16(11-5-1)19(17-12-6-2-7-13-17)18-14-8-3-9-15-18;1-14-12-7-5-11(6-8-12)13-9-3-2-4-10-13;8-6(9)5-3-1-2-4-7-5;7-6(8)5-3-1-2-4-5;8-5(9)4-3-6-1-2-7-4;7-4(8)3-1-2-5-6-3/h2-3,6-9,12-20H,1,4-5,10-11H2;4*1-15H;5-8H,2-4,9-10H2,1H3;1-4H,(H,8,9);1-3H,4H2,(H,7,8);1-3H,(H,8,9);1-2H,(H,5,6)(H,7,8)/q5*+1;;;;;/p-4. The van der Waals surface area contributed by atoms with Crippen LogP contribution in [0.15, 0.2) is 626 Å². The number of pyridine rings is 1. The number of benzene rings is 16. The average Bonchev–Trinajstić information content (AvgIpc) is 1.93. The number of nitrogens with zero attached hydrogens (tertiary/aromatic N) is 5. The van der Waals surface area contributed by atoms with Crippen LogP contribution in [0.1, 0.15) is 101 Å². The summed E-state index contributed by atoms with van der Waals surface area (Å²) in [6.07, 6.45) is 23.1. The van der Waals surface area contributed by atoms with Gasteiger partial charge in [0.25, 0.3) is 0 Å². The smallest absolute Gasteiger partial charge is 0.166 e. The molecule has 1 saturated heterocycles. The van der Waals surface area contributed by atoms with E-state index in [4.69, 9.17) is 4.74 Å². The second kappa shape index (κ2) is 62.5. The number of H-pyrrole nitrogens is 1. The minimum Gasteiger partial charge on any atom is -0.545 e. The number of piperidine rings is 1. The van der Waals surface area contributed by atoms with Crippen LogP contribution in [0.2, 0.25) is 0 Å². The Morgan fingerprint density at radius 1 is 0.289 bits per heavy atom. The molecule has 1 saturated carbocycles. The summed E-state index contributed by atoms with van der Waals surface area (Å²) in [7, 11) is 1.62. The number of aromatic amines is 1. The summed E-state index contributed by atoms with van der Waals surface area (Å²) in [5.74, 6) is -3.13. The second-order valence-corrected chi connectivity index (χ2v) is 43.4. The van der Waals surface area contributed by atoms with Crippen LogP contribution < -0.4 is 30.1 Å². The molecule has 149 heavy (non-hydrogen) atoms. The van der Waals surface area contributed by atoms with Crippen molar-refractivity contribution in [2.45, 2.75) is 137 Å². The van der Waals surface area contributed by atoms with Gasteiger partial charge in [0.15, 0.2) is 73.4 Å². The lowest BCUT2D eigenvalue weighted by molar-refractivity contribution is -0.299. The first-order chi connectivity index (χ1) is 73.3. The Kier molecular flexibility index (Phi) is 46.1. The predicted molar refractivity (Wildman–Crippen MR) is 597 cm³/mol. The molecule has 3 aliphatic rings. The second-order valence-electron chi connectivity index (χ2n) is 33.3. The number of aromatic nitrogens is 5. The predicted octanol–water partition coefficient (Wildman–Crippen LogP) is 25.3. The molecule has 4 heterocycles. The Morgan fingerprint density at radius 3 is 0.785 bits per heavy atom. The highest BCUT2D eigenvalue weighted by Crippen LogP contribution is 2.39. The van der Waals surface area contributed by atoms with E-state index in [1.165, 1.54) is 186 Å². The summed E-state index contributed by atoms with van der Waals surface area (Å²) in [5.41, 5.74) is 3.06. The normalized spacial score (nSPS) is 12.0. The number of aliphatic carboxylic acids is 1. The number of carboxylic acids is 4. The molecule has 19 aromatic rings. The molecular weight excluding hydrogens is 1940 g/mol. The van der Waals surface area contributed by atoms with E-state index in [0.717, 1.165) is 17.9 Å². The van der Waals surface area contributed by atoms with E-state index >= 15 is 0 Å². The van der Waals surface area contributed by atoms with E-state index in [-0.39, 0.29) is 71.6 Å². The van der Waals surface area contributed by atoms with Gasteiger partial charge < -0.3 is 49.2 Å². The maximum absolute atomic E-state index is 10.0. The summed E-state index contributed by atoms with van der Waals surface area (Å²) >= 11 is 0. The van der Waals surface area contributed by atoms with Gasteiger partial charge in [-0.15, -0.1) is 0 Å². The van der Waals surface area contributed by atoms with E-state index in [2.05, 4.69) is 491 Å². The van der Waals surface area contributed by atoms with Crippen LogP contribution in [-0.2, 0) is 59.3 Å². The van der Waals surface area contributed by atoms with Gasteiger partial charge >= 0.3 is 0 Å². The fraction of sp³-hybridized carbons (Fsp3) is 0.101. The third-order valence-electron chi connectivity index (χ3n) is 23.1. The van der Waals surface area contributed by atoms with Gasteiger partial charge in [0.2, 0.25) is 0 Å². The molecule has 1 aliphatic heterocycles. The number of methoxy groups -OCH3 is 1. The Balaban J connectivity index is 0.000000141. The van der Waals surface area contributed by atoms with Gasteiger partial charge in [-0.05, 0) is 280 Å². The van der Waals surface area contributed by atoms with Crippen molar-refractivity contribution in [1.29, 1.82) is 0 Å². The molecule has 3 aromatic heterocycles. The fourth-order valence-corrected chi connectivity index (χ4v) is 26.4. The first-order valence-corrected chi connectivity index (χ1v) is 55.2. The molecule has 0 unspecified atom stereocenters. The molecule has 746 valence electrons. The van der Waals surface area contributed by atoms with Crippen molar-refractivity contribution in [3.8, 4) is 5.75 Å². The summed E-state index contributed by atoms with van der Waals surface area (Å²) < 4.78 is 5.14. The quantitative estimate of drug-likeness (QED) is 0.0621. The average molecular weight is 2060 g/mol. The van der Waals surface area contributed by atoms with E-state index in [9.17, 15) is 39.6 Å². The van der Waals surface area contributed by atoms with Gasteiger partial charge in [-0.3, -0.25) is 20.1 Å². The fourth-order valence-electron chi connectivity index (χ4n) is 15.9. The Labute approximate surface area is 889 Å². The molecule has 0 amide bonds. The molecule has 0 spiro atoms. The zero-order valence-corrected chi connectivity index (χ0v) is 86.9. The third kappa shape index (κ3) is 36.1. The molecule has 15 nitrogen and oxygen atoms in total. The van der Waals surface area contributed by atoms with Crippen LogP contribution in [0, 0.1) is 0 Å². The minimum atomic E-state index is -1.30. The monoisotopic (exact) mass is 2050 g/mol. The van der Waals surface area contributed by atoms with E-state index in [0.29, 0.717) is 12.0 Å². The molecule has 0 radical (unpaired) electrons. The highest BCUT2D eigenvalue weighted by atomic mass is 32.2. The molecule has 1 N–H and O–H groups in total. The third-order valence-corrected chi connectivity index (χ3v) is 34.2. The van der Waals surface area contributed by atoms with E-state index < -0.39 is 23.9 Å². The lowest BCUT2D eigenvalue weighted by atomic mass is 9.84. The van der Waals surface area contributed by atoms with Crippen LogP contribution in [0.3, 0.4) is 0 Å². The number of hydrogen-bond acceptors (Lipinski definition) is 14. The zero-order chi connectivity index (χ0) is 104. The van der Waals surface area contributed by atoms with Crippen LogP contribution >= 0.6 is 0 Å². The van der Waals surface area contributed by atoms with Crippen molar-refractivity contribution in [2.24, 2.45) is 0 Å². The number of nitrogens with one attached hydrogen (secondary N) is 1. The van der Waals surface area contributed by atoms with Crippen molar-refractivity contribution < 1.29 is 44.3 Å². The van der Waals surface area contributed by atoms with Crippen molar-refractivity contribution in [1.82, 2.24) is 25.1 Å². The zero-order valence-electron chi connectivity index (χ0n) is 82.8. The molecule has 2 aliphatic carbocycles. The van der Waals surface area contributed by atoms with Gasteiger partial charge in [0.1, 0.15) is 11.4 Å². The van der Waals surface area contributed by atoms with Crippen LogP contribution in [0.4, 0.5) is 5.69 Å². The number of hydrogen-bond donors (Lipinski definition) is 1. The van der Waals surface area contributed by atoms with Crippen molar-refractivity contribution in [2.75, 3.05) is 25.1 Å². The number of rotatable bonds is 22. The SMILES string of the molecule is COc1ccc(N2CCCCC2)cc1.O=C([O-])C1=CC=CC1.O=C([O-])c1ccccn1.O=C([O-])c1ccn[nH]1.O=C([O-])c1cnccn1.c1ccc([S+](c2ccccc2)c2ccc(C3CCCCC3)cc2)cc1.c1ccc([S+](c2ccccc2)c2ccccc2)cc1.c1ccc([S+](c2ccccc2)c2ccccc2)cc1.c1ccc([S+](c2ccccc2)c2ccccc2)cc1.c1ccc([S+](c2ccccc2)c2ccccc2)cc1. The number of allylic oxidation sites excluding steroid dienone is 3. The number of carbonyl (C=O) groups excluding carboxylic acids is 4. The number of anilines is 1. The van der Waals surface area contributed by atoms with Crippen LogP contribution in [0.25, 0.3) is 0 Å². The number of ether oxygens (including phenoxy) is 1. The first kappa shape index (κ1) is 110. The van der Waals surface area contributed by atoms with Gasteiger partial charge in [0.05, 0.1) is 103 Å². The van der Waals surface area contributed by atoms with Crippen molar-refractivity contribution in [3.05, 3.63) is 575 Å². The van der Waals surface area contributed by atoms with E-state index in [1.54, 1.807) is 37.5 Å². The largest absolute Gasteiger partial charge is 0.545 e. The molecule has 20 heteroatoms. The summed E-state index contributed by atoms with van der Waals surface area (Å²) in [4.78, 5) is 73.3. The highest BCUT2D eigenvalue weighted by Gasteiger charge is 2.33. The maximum Gasteiger partial charge on any atom is 0.166 e. The minimum absolute atomic E-state index is 0.00463. The van der Waals surface area contributed by atoms with Crippen LogP contribution in [0.5, 0.6) is 5.75 Å². The first-order valence-electron chi connectivity index (χ1n) is 49.1. The Morgan fingerprint density at radius 2 is 0.577 bits per heavy atom. The van der Waals surface area contributed by atoms with E-state index in [1.807, 2.05) is 12.1 Å². The lowest BCUT2D eigenvalue weighted by Crippen LogP contribution is -2.29. The Hall–Kier alpha value is -16.3. The summed E-state index contributed by atoms with van der Waals surface area (Å²) in [5, 5.41) is 45.5. The molecule has 0 atom stereocenters. The van der Waals surface area contributed by atoms with Crippen molar-refractivity contribution >= 4 is 84.0 Å². The molecule has 0 bridgehead atoms. The maximum atomic E-state index is 10.0. The van der Waals surface area contributed by atoms with Gasteiger partial charge in [-0.1, -0.05) is 310 Å². The van der Waals surface area contributed by atoms with Crippen LogP contribution in [-0.4, -0.2) is 69.2 Å².